The van der Waals surface area contributed by atoms with Crippen LogP contribution in [0.25, 0.3) is 0 Å². The van der Waals surface area contributed by atoms with E-state index in [1.165, 1.54) is 20.4 Å². The summed E-state index contributed by atoms with van der Waals surface area (Å²) in [5.41, 5.74) is 0.690. The fourth-order valence-corrected chi connectivity index (χ4v) is 3.46. The van der Waals surface area contributed by atoms with Gasteiger partial charge < -0.3 is 19.2 Å². The number of likely N-dealkylation sites (tertiary alicyclic amines) is 1. The number of benzene rings is 1. The molecular weight excluding hydrogens is 344 g/mol. The largest absolute Gasteiger partial charge is 0.493 e. The molecule has 0 aliphatic carbocycles. The van der Waals surface area contributed by atoms with Crippen molar-refractivity contribution >= 4 is 23.7 Å². The van der Waals surface area contributed by atoms with Crippen LogP contribution in [0.1, 0.15) is 25.8 Å². The first-order chi connectivity index (χ1) is 11.9. The van der Waals surface area contributed by atoms with E-state index in [0.29, 0.717) is 33.9 Å². The highest BCUT2D eigenvalue weighted by atomic mass is 35.5. The van der Waals surface area contributed by atoms with Crippen LogP contribution < -0.4 is 9.47 Å². The lowest BCUT2D eigenvalue weighted by molar-refractivity contribution is -0.138. The summed E-state index contributed by atoms with van der Waals surface area (Å²) in [4.78, 5) is 19.2. The SMILES string of the molecule is COc1cc(/C=N/OCC(=O)N2CC(C)CC(C)C2)cc(Cl)c1OC. The van der Waals surface area contributed by atoms with Gasteiger partial charge in [0.05, 0.1) is 25.5 Å². The Morgan fingerprint density at radius 3 is 2.56 bits per heavy atom. The van der Waals surface area contributed by atoms with Crippen LogP contribution in [0.5, 0.6) is 11.5 Å². The third-order valence-corrected chi connectivity index (χ3v) is 4.42. The minimum absolute atomic E-state index is 0.0408. The molecule has 1 aliphatic rings. The van der Waals surface area contributed by atoms with E-state index in [2.05, 4.69) is 19.0 Å². The van der Waals surface area contributed by atoms with E-state index >= 15 is 0 Å². The summed E-state index contributed by atoms with van der Waals surface area (Å²) in [6.45, 7) is 5.81. The van der Waals surface area contributed by atoms with Crippen molar-refractivity contribution in [3.8, 4) is 11.5 Å². The van der Waals surface area contributed by atoms with Gasteiger partial charge in [-0.25, -0.2) is 0 Å². The second-order valence-electron chi connectivity index (χ2n) is 6.49. The van der Waals surface area contributed by atoms with Gasteiger partial charge >= 0.3 is 0 Å². The lowest BCUT2D eigenvalue weighted by Crippen LogP contribution is -2.44. The van der Waals surface area contributed by atoms with Crippen LogP contribution >= 0.6 is 11.6 Å². The molecule has 0 radical (unpaired) electrons. The number of halogens is 1. The number of rotatable bonds is 6. The number of nitrogens with zero attached hydrogens (tertiary/aromatic N) is 2. The van der Waals surface area contributed by atoms with E-state index in [1.54, 1.807) is 12.1 Å². The molecule has 138 valence electrons. The summed E-state index contributed by atoms with van der Waals surface area (Å²) in [7, 11) is 3.05. The van der Waals surface area contributed by atoms with E-state index < -0.39 is 0 Å². The monoisotopic (exact) mass is 368 g/mol. The molecule has 1 aliphatic heterocycles. The lowest BCUT2D eigenvalue weighted by atomic mass is 9.92. The molecule has 25 heavy (non-hydrogen) atoms. The van der Waals surface area contributed by atoms with Gasteiger partial charge in [-0.3, -0.25) is 4.79 Å². The zero-order valence-corrected chi connectivity index (χ0v) is 15.9. The van der Waals surface area contributed by atoms with Gasteiger partial charge in [0.1, 0.15) is 0 Å². The summed E-state index contributed by atoms with van der Waals surface area (Å²) in [5.74, 6) is 1.96. The maximum atomic E-state index is 12.2. The Balaban J connectivity index is 1.91. The van der Waals surface area contributed by atoms with Crippen LogP contribution in [0.2, 0.25) is 5.02 Å². The molecule has 1 aromatic rings. The Kier molecular flexibility index (Phi) is 6.93. The van der Waals surface area contributed by atoms with Crippen LogP contribution in [0.4, 0.5) is 0 Å². The van der Waals surface area contributed by atoms with Gasteiger partial charge in [0.2, 0.25) is 0 Å². The van der Waals surface area contributed by atoms with Crippen LogP contribution in [0.15, 0.2) is 17.3 Å². The van der Waals surface area contributed by atoms with Gasteiger partial charge in [-0.1, -0.05) is 30.6 Å². The average Bonchev–Trinajstić information content (AvgIpc) is 2.57. The van der Waals surface area contributed by atoms with E-state index in [1.807, 2.05) is 4.90 Å². The summed E-state index contributed by atoms with van der Waals surface area (Å²) in [6.07, 6.45) is 2.64. The number of piperidine rings is 1. The molecule has 2 atom stereocenters. The highest BCUT2D eigenvalue weighted by molar-refractivity contribution is 6.32. The van der Waals surface area contributed by atoms with E-state index in [0.717, 1.165) is 19.5 Å². The predicted octanol–water partition coefficient (Wildman–Crippen LogP) is 3.21. The normalized spacial score (nSPS) is 20.6. The number of ether oxygens (including phenoxy) is 2. The second kappa shape index (κ2) is 8.94. The van der Waals surface area contributed by atoms with Gasteiger partial charge in [-0.2, -0.15) is 0 Å². The first-order valence-electron chi connectivity index (χ1n) is 8.29. The third kappa shape index (κ3) is 5.26. The van der Waals surface area contributed by atoms with Crippen molar-refractivity contribution in [1.29, 1.82) is 0 Å². The predicted molar refractivity (Wildman–Crippen MR) is 97.6 cm³/mol. The quantitative estimate of drug-likeness (QED) is 0.571. The molecule has 2 rings (SSSR count). The first kappa shape index (κ1) is 19.4. The van der Waals surface area contributed by atoms with E-state index in [-0.39, 0.29) is 12.5 Å². The standard InChI is InChI=1S/C18H25ClN2O4/c1-12-5-13(2)10-21(9-12)17(22)11-25-20-8-14-6-15(19)18(24-4)16(7-14)23-3/h6-8,12-13H,5,9-11H2,1-4H3/b20-8+. The number of amides is 1. The zero-order valence-electron chi connectivity index (χ0n) is 15.1. The van der Waals surface area contributed by atoms with Crippen LogP contribution in [0, 0.1) is 11.8 Å². The Bertz CT molecular complexity index is 626. The van der Waals surface area contributed by atoms with E-state index in [4.69, 9.17) is 25.9 Å². The smallest absolute Gasteiger partial charge is 0.263 e. The van der Waals surface area contributed by atoms with Crippen molar-refractivity contribution in [2.24, 2.45) is 17.0 Å². The molecule has 0 N–H and O–H groups in total. The fourth-order valence-electron chi connectivity index (χ4n) is 3.16. The highest BCUT2D eigenvalue weighted by Gasteiger charge is 2.25. The van der Waals surface area contributed by atoms with E-state index in [9.17, 15) is 4.79 Å². The molecule has 6 nitrogen and oxygen atoms in total. The number of methoxy groups -OCH3 is 2. The molecule has 0 bridgehead atoms. The van der Waals surface area contributed by atoms with Gasteiger partial charge in [0, 0.05) is 18.7 Å². The third-order valence-electron chi connectivity index (χ3n) is 4.14. The lowest BCUT2D eigenvalue weighted by Gasteiger charge is -2.34. The highest BCUT2D eigenvalue weighted by Crippen LogP contribution is 2.35. The molecule has 1 heterocycles. The summed E-state index contributed by atoms with van der Waals surface area (Å²) in [6, 6.07) is 3.42. The van der Waals surface area contributed by atoms with Crippen molar-refractivity contribution < 1.29 is 19.1 Å². The van der Waals surface area contributed by atoms with Crippen molar-refractivity contribution in [2.75, 3.05) is 33.9 Å². The van der Waals surface area contributed by atoms with Crippen LogP contribution in [-0.2, 0) is 9.63 Å². The number of hydrogen-bond donors (Lipinski definition) is 0. The number of oxime groups is 1. The van der Waals surface area contributed by atoms with Gasteiger partial charge in [-0.15, -0.1) is 0 Å². The molecule has 0 saturated carbocycles. The number of hydrogen-bond acceptors (Lipinski definition) is 5. The summed E-state index contributed by atoms with van der Waals surface area (Å²) >= 11 is 6.14. The summed E-state index contributed by atoms with van der Waals surface area (Å²) < 4.78 is 10.4. The van der Waals surface area contributed by atoms with Crippen LogP contribution in [0.3, 0.4) is 0 Å². The van der Waals surface area contributed by atoms with Gasteiger partial charge in [-0.05, 0) is 30.4 Å². The molecule has 1 saturated heterocycles. The van der Waals surface area contributed by atoms with Crippen molar-refractivity contribution in [3.05, 3.63) is 22.7 Å². The van der Waals surface area contributed by atoms with Crippen LogP contribution in [-0.4, -0.2) is 50.9 Å². The van der Waals surface area contributed by atoms with Gasteiger partial charge in [0.25, 0.3) is 5.91 Å². The molecule has 7 heteroatoms. The van der Waals surface area contributed by atoms with Crippen molar-refractivity contribution in [1.82, 2.24) is 4.90 Å². The number of carbonyl (C=O) groups is 1. The fraction of sp³-hybridized carbons (Fsp3) is 0.556. The maximum Gasteiger partial charge on any atom is 0.263 e. The molecular formula is C18H25ClN2O4. The average molecular weight is 369 g/mol. The Labute approximate surface area is 153 Å². The molecule has 1 fully saturated rings. The molecule has 1 amide bonds. The Hall–Kier alpha value is -1.95. The summed E-state index contributed by atoms with van der Waals surface area (Å²) in [5, 5.41) is 4.27. The van der Waals surface area contributed by atoms with Crippen molar-refractivity contribution in [3.63, 3.8) is 0 Å². The second-order valence-corrected chi connectivity index (χ2v) is 6.90. The minimum Gasteiger partial charge on any atom is -0.493 e. The minimum atomic E-state index is -0.0725. The van der Waals surface area contributed by atoms with Crippen molar-refractivity contribution in [2.45, 2.75) is 20.3 Å². The van der Waals surface area contributed by atoms with Gasteiger partial charge in [0.15, 0.2) is 18.1 Å². The Morgan fingerprint density at radius 1 is 1.28 bits per heavy atom. The topological polar surface area (TPSA) is 60.4 Å². The maximum absolute atomic E-state index is 12.2. The molecule has 1 aromatic carbocycles. The zero-order chi connectivity index (χ0) is 18.4. The first-order valence-corrected chi connectivity index (χ1v) is 8.67. The molecule has 0 aromatic heterocycles. The molecule has 2 unspecified atom stereocenters. The molecule has 0 spiro atoms. The Morgan fingerprint density at radius 2 is 1.96 bits per heavy atom. The number of carbonyl (C=O) groups excluding carboxylic acids is 1.